The molecule has 0 aromatic heterocycles. The van der Waals surface area contributed by atoms with Gasteiger partial charge in [0.1, 0.15) is 0 Å². The molecule has 0 saturated carbocycles. The third-order valence-electron chi connectivity index (χ3n) is 2.89. The number of aliphatic hydroxyl groups is 1. The maximum atomic E-state index is 12.9. The number of benzene rings is 1. The van der Waals surface area contributed by atoms with Crippen LogP contribution in [0.2, 0.25) is 0 Å². The Labute approximate surface area is 117 Å². The van der Waals surface area contributed by atoms with E-state index in [0.29, 0.717) is 18.8 Å². The highest BCUT2D eigenvalue weighted by Gasteiger charge is 2.33. The molecule has 0 radical (unpaired) electrons. The number of likely N-dealkylation sites (N-methyl/N-ethyl adjacent to an activating group) is 1. The summed E-state index contributed by atoms with van der Waals surface area (Å²) in [6.45, 7) is 4.11. The van der Waals surface area contributed by atoms with E-state index in [1.165, 1.54) is 6.07 Å². The Morgan fingerprint density at radius 1 is 1.30 bits per heavy atom. The lowest BCUT2D eigenvalue weighted by Crippen LogP contribution is -2.24. The lowest BCUT2D eigenvalue weighted by Gasteiger charge is -2.22. The average Bonchev–Trinajstić information content (AvgIpc) is 2.36. The molecule has 0 spiro atoms. The number of hydrogen-bond acceptors (Lipinski definition) is 3. The van der Waals surface area contributed by atoms with Crippen LogP contribution in [0.15, 0.2) is 18.2 Å². The zero-order valence-electron chi connectivity index (χ0n) is 11.9. The van der Waals surface area contributed by atoms with E-state index in [4.69, 9.17) is 9.84 Å². The molecule has 0 aliphatic heterocycles. The lowest BCUT2D eigenvalue weighted by molar-refractivity contribution is -0.138. The van der Waals surface area contributed by atoms with Crippen LogP contribution in [0.25, 0.3) is 0 Å². The van der Waals surface area contributed by atoms with Crippen LogP contribution in [0.5, 0.6) is 0 Å². The Kier molecular flexibility index (Phi) is 5.83. The molecule has 1 aromatic rings. The first-order chi connectivity index (χ1) is 9.25. The van der Waals surface area contributed by atoms with E-state index in [1.807, 2.05) is 13.8 Å². The van der Waals surface area contributed by atoms with E-state index in [-0.39, 0.29) is 11.7 Å². The third-order valence-corrected chi connectivity index (χ3v) is 2.89. The van der Waals surface area contributed by atoms with Gasteiger partial charge in [0.2, 0.25) is 0 Å². The van der Waals surface area contributed by atoms with Gasteiger partial charge in [-0.3, -0.25) is 0 Å². The van der Waals surface area contributed by atoms with Crippen LogP contribution in [-0.2, 0) is 17.5 Å². The zero-order valence-corrected chi connectivity index (χ0v) is 11.9. The maximum Gasteiger partial charge on any atom is 0.416 e. The van der Waals surface area contributed by atoms with Gasteiger partial charge in [-0.15, -0.1) is 0 Å². The van der Waals surface area contributed by atoms with Crippen molar-refractivity contribution in [3.05, 3.63) is 29.3 Å². The first kappa shape index (κ1) is 16.8. The number of rotatable bonds is 6. The number of ether oxygens (including phenoxy) is 1. The molecule has 0 amide bonds. The highest BCUT2D eigenvalue weighted by Crippen LogP contribution is 2.34. The lowest BCUT2D eigenvalue weighted by atomic mass is 10.1. The van der Waals surface area contributed by atoms with Crippen LogP contribution in [0, 0.1) is 0 Å². The number of nitrogens with zero attached hydrogens (tertiary/aromatic N) is 1. The molecular formula is C14H20F3NO2. The van der Waals surface area contributed by atoms with Crippen molar-refractivity contribution in [2.45, 2.75) is 32.7 Å². The predicted octanol–water partition coefficient (Wildman–Crippen LogP) is 3.06. The molecule has 1 aromatic carbocycles. The molecule has 0 fully saturated rings. The Morgan fingerprint density at radius 2 is 1.95 bits per heavy atom. The molecule has 0 heterocycles. The van der Waals surface area contributed by atoms with Gasteiger partial charge in [0.15, 0.2) is 0 Å². The summed E-state index contributed by atoms with van der Waals surface area (Å²) in [6.07, 6.45) is -4.38. The van der Waals surface area contributed by atoms with Crippen LogP contribution in [-0.4, -0.2) is 31.4 Å². The third kappa shape index (κ3) is 4.68. The van der Waals surface area contributed by atoms with Crippen LogP contribution < -0.4 is 4.90 Å². The largest absolute Gasteiger partial charge is 0.416 e. The van der Waals surface area contributed by atoms with Crippen molar-refractivity contribution < 1.29 is 23.0 Å². The summed E-state index contributed by atoms with van der Waals surface area (Å²) in [4.78, 5) is 1.69. The molecule has 0 aliphatic rings. The van der Waals surface area contributed by atoms with Gasteiger partial charge in [-0.05, 0) is 31.5 Å². The highest BCUT2D eigenvalue weighted by molar-refractivity contribution is 5.51. The van der Waals surface area contributed by atoms with Gasteiger partial charge >= 0.3 is 6.18 Å². The van der Waals surface area contributed by atoms with Crippen LogP contribution in [0.1, 0.15) is 25.0 Å². The summed E-state index contributed by atoms with van der Waals surface area (Å²) >= 11 is 0. The summed E-state index contributed by atoms with van der Waals surface area (Å²) < 4.78 is 44.0. The van der Waals surface area contributed by atoms with Gasteiger partial charge in [0.25, 0.3) is 0 Å². The van der Waals surface area contributed by atoms with Gasteiger partial charge in [0.05, 0.1) is 24.9 Å². The number of aliphatic hydroxyl groups excluding tert-OH is 1. The number of halogens is 3. The van der Waals surface area contributed by atoms with E-state index in [2.05, 4.69) is 0 Å². The van der Waals surface area contributed by atoms with Crippen molar-refractivity contribution in [2.75, 3.05) is 25.1 Å². The SMILES string of the molecule is CC(C)OCCN(C)c1ccc(CO)c(C(F)(F)F)c1. The fourth-order valence-electron chi connectivity index (χ4n) is 1.76. The number of hydrogen-bond donors (Lipinski definition) is 1. The van der Waals surface area contributed by atoms with Crippen molar-refractivity contribution in [3.63, 3.8) is 0 Å². The molecule has 0 atom stereocenters. The summed E-state index contributed by atoms with van der Waals surface area (Å²) in [5, 5.41) is 8.98. The minimum atomic E-state index is -4.47. The molecule has 1 rings (SSSR count). The molecule has 6 heteroatoms. The van der Waals surface area contributed by atoms with Gasteiger partial charge in [-0.2, -0.15) is 13.2 Å². The molecule has 0 bridgehead atoms. The molecular weight excluding hydrogens is 271 g/mol. The minimum absolute atomic E-state index is 0.0888. The zero-order chi connectivity index (χ0) is 15.3. The summed E-state index contributed by atoms with van der Waals surface area (Å²) in [6, 6.07) is 3.93. The Morgan fingerprint density at radius 3 is 2.45 bits per heavy atom. The monoisotopic (exact) mass is 291 g/mol. The average molecular weight is 291 g/mol. The minimum Gasteiger partial charge on any atom is -0.392 e. The van der Waals surface area contributed by atoms with E-state index in [0.717, 1.165) is 6.07 Å². The fraction of sp³-hybridized carbons (Fsp3) is 0.571. The molecule has 0 saturated heterocycles. The molecule has 20 heavy (non-hydrogen) atoms. The Bertz CT molecular complexity index is 433. The smallest absolute Gasteiger partial charge is 0.392 e. The van der Waals surface area contributed by atoms with Crippen molar-refractivity contribution >= 4 is 5.69 Å². The molecule has 114 valence electrons. The van der Waals surface area contributed by atoms with Crippen LogP contribution in [0.4, 0.5) is 18.9 Å². The van der Waals surface area contributed by atoms with Crippen molar-refractivity contribution in [1.29, 1.82) is 0 Å². The van der Waals surface area contributed by atoms with Gasteiger partial charge < -0.3 is 14.7 Å². The Hall–Kier alpha value is -1.27. The predicted molar refractivity (Wildman–Crippen MR) is 71.7 cm³/mol. The molecule has 3 nitrogen and oxygen atoms in total. The van der Waals surface area contributed by atoms with Crippen LogP contribution in [0.3, 0.4) is 0 Å². The fourth-order valence-corrected chi connectivity index (χ4v) is 1.76. The number of anilines is 1. The summed E-state index contributed by atoms with van der Waals surface area (Å²) in [5.74, 6) is 0. The normalized spacial score (nSPS) is 12.0. The van der Waals surface area contributed by atoms with Gasteiger partial charge in [0, 0.05) is 19.3 Å². The first-order valence-corrected chi connectivity index (χ1v) is 6.39. The van der Waals surface area contributed by atoms with E-state index < -0.39 is 18.3 Å². The second-order valence-corrected chi connectivity index (χ2v) is 4.84. The summed E-state index contributed by atoms with van der Waals surface area (Å²) in [7, 11) is 1.71. The molecule has 0 unspecified atom stereocenters. The first-order valence-electron chi connectivity index (χ1n) is 6.39. The van der Waals surface area contributed by atoms with Crippen molar-refractivity contribution in [3.8, 4) is 0 Å². The topological polar surface area (TPSA) is 32.7 Å². The quantitative estimate of drug-likeness (QED) is 0.874. The highest BCUT2D eigenvalue weighted by atomic mass is 19.4. The van der Waals surface area contributed by atoms with E-state index in [1.54, 1.807) is 18.0 Å². The van der Waals surface area contributed by atoms with E-state index >= 15 is 0 Å². The van der Waals surface area contributed by atoms with Gasteiger partial charge in [-0.25, -0.2) is 0 Å². The van der Waals surface area contributed by atoms with Gasteiger partial charge in [-0.1, -0.05) is 6.07 Å². The van der Waals surface area contributed by atoms with Crippen LogP contribution >= 0.6 is 0 Å². The Balaban J connectivity index is 2.86. The standard InChI is InChI=1S/C14H20F3NO2/c1-10(2)20-7-6-18(3)12-5-4-11(9-19)13(8-12)14(15,16)17/h4-5,8,10,19H,6-7,9H2,1-3H3. The van der Waals surface area contributed by atoms with Crippen molar-refractivity contribution in [1.82, 2.24) is 0 Å². The number of alkyl halides is 3. The summed E-state index contributed by atoms with van der Waals surface area (Å²) in [5.41, 5.74) is -0.468. The second-order valence-electron chi connectivity index (χ2n) is 4.84. The van der Waals surface area contributed by atoms with E-state index in [9.17, 15) is 13.2 Å². The molecule has 1 N–H and O–H groups in total. The van der Waals surface area contributed by atoms with Crippen molar-refractivity contribution in [2.24, 2.45) is 0 Å². The molecule has 0 aliphatic carbocycles. The maximum absolute atomic E-state index is 12.9. The second kappa shape index (κ2) is 6.95.